The highest BCUT2D eigenvalue weighted by atomic mass is 19.1. The van der Waals surface area contributed by atoms with Crippen molar-refractivity contribution in [3.8, 4) is 5.75 Å². The number of rotatable bonds is 3. The molecule has 0 fully saturated rings. The minimum Gasteiger partial charge on any atom is -0.505 e. The molecule has 0 aliphatic rings. The standard InChI is InChI=1S/C12H15FO4/c1-12(2,10(15)11(16)17-3)7-5-4-6-8(13)9(7)14/h4-6,10,14-15H,1-3H3. The fraction of sp³-hybridized carbons (Fsp3) is 0.417. The number of phenols is 1. The van der Waals surface area contributed by atoms with E-state index in [1.54, 1.807) is 0 Å². The van der Waals surface area contributed by atoms with E-state index in [4.69, 9.17) is 0 Å². The number of carbonyl (C=O) groups excluding carboxylic acids is 1. The van der Waals surface area contributed by atoms with Crippen molar-refractivity contribution in [3.05, 3.63) is 29.6 Å². The zero-order valence-electron chi connectivity index (χ0n) is 9.90. The molecule has 0 saturated carbocycles. The number of para-hydroxylation sites is 1. The Hall–Kier alpha value is -1.62. The maximum absolute atomic E-state index is 13.2. The number of aromatic hydroxyl groups is 1. The Morgan fingerprint density at radius 2 is 2.06 bits per heavy atom. The molecule has 1 rings (SSSR count). The van der Waals surface area contributed by atoms with Crippen molar-refractivity contribution < 1.29 is 24.1 Å². The quantitative estimate of drug-likeness (QED) is 0.785. The fourth-order valence-corrected chi connectivity index (χ4v) is 1.59. The number of esters is 1. The average Bonchev–Trinajstić information content (AvgIpc) is 2.30. The minimum absolute atomic E-state index is 0.149. The number of hydrogen-bond donors (Lipinski definition) is 2. The summed E-state index contributed by atoms with van der Waals surface area (Å²) in [4.78, 5) is 11.3. The van der Waals surface area contributed by atoms with Crippen LogP contribution in [-0.4, -0.2) is 29.4 Å². The molecule has 0 bridgehead atoms. The van der Waals surface area contributed by atoms with Crippen molar-refractivity contribution in [3.63, 3.8) is 0 Å². The number of halogens is 1. The molecule has 5 heteroatoms. The lowest BCUT2D eigenvalue weighted by Crippen LogP contribution is -2.40. The number of benzene rings is 1. The zero-order valence-corrected chi connectivity index (χ0v) is 9.90. The summed E-state index contributed by atoms with van der Waals surface area (Å²) in [5.41, 5.74) is -1.00. The van der Waals surface area contributed by atoms with Gasteiger partial charge in [0.15, 0.2) is 17.7 Å². The predicted octanol–water partition coefficient (Wildman–Crippen LogP) is 1.34. The van der Waals surface area contributed by atoms with Gasteiger partial charge in [-0.25, -0.2) is 9.18 Å². The second-order valence-corrected chi connectivity index (χ2v) is 4.28. The Labute approximate surface area is 98.7 Å². The molecule has 0 aliphatic heterocycles. The number of carbonyl (C=O) groups is 1. The van der Waals surface area contributed by atoms with Crippen molar-refractivity contribution in [1.82, 2.24) is 0 Å². The molecule has 0 aromatic heterocycles. The first-order valence-electron chi connectivity index (χ1n) is 5.06. The molecule has 0 heterocycles. The molecule has 1 unspecified atom stereocenters. The van der Waals surface area contributed by atoms with E-state index in [9.17, 15) is 19.4 Å². The van der Waals surface area contributed by atoms with Crippen molar-refractivity contribution >= 4 is 5.97 Å². The number of phenolic OH excluding ortho intramolecular Hbond substituents is 1. The van der Waals surface area contributed by atoms with Crippen molar-refractivity contribution in [1.29, 1.82) is 0 Å². The van der Waals surface area contributed by atoms with Gasteiger partial charge >= 0.3 is 5.97 Å². The van der Waals surface area contributed by atoms with E-state index in [-0.39, 0.29) is 5.56 Å². The predicted molar refractivity (Wildman–Crippen MR) is 59.1 cm³/mol. The van der Waals surface area contributed by atoms with E-state index < -0.39 is 29.1 Å². The first-order valence-corrected chi connectivity index (χ1v) is 5.06. The smallest absolute Gasteiger partial charge is 0.335 e. The van der Waals surface area contributed by atoms with Crippen LogP contribution in [0.2, 0.25) is 0 Å². The van der Waals surface area contributed by atoms with Gasteiger partial charge in [-0.1, -0.05) is 26.0 Å². The first-order chi connectivity index (χ1) is 7.82. The summed E-state index contributed by atoms with van der Waals surface area (Å²) in [7, 11) is 1.15. The number of aliphatic hydroxyl groups excluding tert-OH is 1. The van der Waals surface area contributed by atoms with Crippen LogP contribution in [0.1, 0.15) is 19.4 Å². The highest BCUT2D eigenvalue weighted by molar-refractivity contribution is 5.76. The van der Waals surface area contributed by atoms with Crippen LogP contribution in [0.25, 0.3) is 0 Å². The van der Waals surface area contributed by atoms with Crippen molar-refractivity contribution in [2.75, 3.05) is 7.11 Å². The van der Waals surface area contributed by atoms with Crippen LogP contribution in [0, 0.1) is 5.82 Å². The molecule has 0 spiro atoms. The summed E-state index contributed by atoms with van der Waals surface area (Å²) in [5, 5.41) is 19.4. The molecule has 1 aromatic carbocycles. The third kappa shape index (κ3) is 2.39. The van der Waals surface area contributed by atoms with E-state index in [2.05, 4.69) is 4.74 Å². The van der Waals surface area contributed by atoms with Crippen molar-refractivity contribution in [2.45, 2.75) is 25.4 Å². The van der Waals surface area contributed by atoms with Gasteiger partial charge in [-0.3, -0.25) is 0 Å². The van der Waals surface area contributed by atoms with E-state index >= 15 is 0 Å². The number of methoxy groups -OCH3 is 1. The molecule has 1 aromatic rings. The van der Waals surface area contributed by atoms with E-state index in [1.807, 2.05) is 0 Å². The van der Waals surface area contributed by atoms with Gasteiger partial charge in [-0.15, -0.1) is 0 Å². The van der Waals surface area contributed by atoms with Crippen LogP contribution < -0.4 is 0 Å². The largest absolute Gasteiger partial charge is 0.505 e. The molecule has 2 N–H and O–H groups in total. The number of ether oxygens (including phenoxy) is 1. The lowest BCUT2D eigenvalue weighted by atomic mass is 9.78. The molecule has 0 aliphatic carbocycles. The third-order valence-electron chi connectivity index (χ3n) is 2.79. The van der Waals surface area contributed by atoms with Gasteiger partial charge < -0.3 is 14.9 Å². The van der Waals surface area contributed by atoms with E-state index in [0.29, 0.717) is 0 Å². The number of hydrogen-bond acceptors (Lipinski definition) is 4. The molecule has 0 saturated heterocycles. The van der Waals surface area contributed by atoms with Gasteiger partial charge in [0, 0.05) is 11.0 Å². The topological polar surface area (TPSA) is 66.8 Å². The molecular formula is C12H15FO4. The monoisotopic (exact) mass is 242 g/mol. The first kappa shape index (κ1) is 13.4. The van der Waals surface area contributed by atoms with Gasteiger partial charge in [-0.2, -0.15) is 0 Å². The SMILES string of the molecule is COC(=O)C(O)C(C)(C)c1cccc(F)c1O. The summed E-state index contributed by atoms with van der Waals surface area (Å²) < 4.78 is 17.6. The lowest BCUT2D eigenvalue weighted by molar-refractivity contribution is -0.153. The molecule has 17 heavy (non-hydrogen) atoms. The third-order valence-corrected chi connectivity index (χ3v) is 2.79. The Morgan fingerprint density at radius 1 is 1.47 bits per heavy atom. The Kier molecular flexibility index (Phi) is 3.72. The summed E-state index contributed by atoms with van der Waals surface area (Å²) in [6.45, 7) is 3.03. The summed E-state index contributed by atoms with van der Waals surface area (Å²) in [6, 6.07) is 3.94. The Morgan fingerprint density at radius 3 is 2.59 bits per heavy atom. The van der Waals surface area contributed by atoms with Gasteiger partial charge in [0.25, 0.3) is 0 Å². The van der Waals surface area contributed by atoms with E-state index in [1.165, 1.54) is 26.0 Å². The summed E-state index contributed by atoms with van der Waals surface area (Å²) in [5.74, 6) is -2.20. The molecule has 94 valence electrons. The van der Waals surface area contributed by atoms with Crippen LogP contribution in [0.3, 0.4) is 0 Å². The van der Waals surface area contributed by atoms with Gasteiger partial charge in [0.1, 0.15) is 0 Å². The lowest BCUT2D eigenvalue weighted by Gasteiger charge is -2.29. The second kappa shape index (κ2) is 4.71. The molecule has 1 atom stereocenters. The van der Waals surface area contributed by atoms with Crippen LogP contribution in [0.15, 0.2) is 18.2 Å². The number of aliphatic hydroxyl groups is 1. The molecule has 0 amide bonds. The fourth-order valence-electron chi connectivity index (χ4n) is 1.59. The Bertz CT molecular complexity index is 429. The molecule has 0 radical (unpaired) electrons. The maximum atomic E-state index is 13.2. The summed E-state index contributed by atoms with van der Waals surface area (Å²) >= 11 is 0. The van der Waals surface area contributed by atoms with Crippen LogP contribution >= 0.6 is 0 Å². The van der Waals surface area contributed by atoms with Crippen molar-refractivity contribution in [2.24, 2.45) is 0 Å². The van der Waals surface area contributed by atoms with Crippen LogP contribution in [0.5, 0.6) is 5.75 Å². The molecule has 4 nitrogen and oxygen atoms in total. The van der Waals surface area contributed by atoms with E-state index in [0.717, 1.165) is 13.2 Å². The van der Waals surface area contributed by atoms with Gasteiger partial charge in [0.05, 0.1) is 7.11 Å². The zero-order chi connectivity index (χ0) is 13.2. The maximum Gasteiger partial charge on any atom is 0.335 e. The summed E-state index contributed by atoms with van der Waals surface area (Å²) in [6.07, 6.45) is -1.49. The second-order valence-electron chi connectivity index (χ2n) is 4.28. The normalized spacial score (nSPS) is 13.2. The van der Waals surface area contributed by atoms with Gasteiger partial charge in [-0.05, 0) is 6.07 Å². The van der Waals surface area contributed by atoms with Crippen LogP contribution in [-0.2, 0) is 14.9 Å². The highest BCUT2D eigenvalue weighted by Gasteiger charge is 2.38. The average molecular weight is 242 g/mol. The van der Waals surface area contributed by atoms with Gasteiger partial charge in [0.2, 0.25) is 0 Å². The minimum atomic E-state index is -1.49. The Balaban J connectivity index is 3.21. The molecular weight excluding hydrogens is 227 g/mol. The van der Waals surface area contributed by atoms with Crippen LogP contribution in [0.4, 0.5) is 4.39 Å². The highest BCUT2D eigenvalue weighted by Crippen LogP contribution is 2.35.